The Kier molecular flexibility index (Phi) is 6.44. The third-order valence-electron chi connectivity index (χ3n) is 6.13. The standard InChI is InChI=1S/C27H29N5O2/c1-32-18-22(16-31-32)21-14-23-27(30-15-21)34-25(17-29-23)26(20-9-4-3-5-10-20)28-13-12-19-8-6-7-11-24(19)33-2/h3-11,14-16,18,25-26,28-29H,12-13,17H2,1-2H3/t25-,26+/m0/s1. The third-order valence-corrected chi connectivity index (χ3v) is 6.13. The predicted molar refractivity (Wildman–Crippen MR) is 133 cm³/mol. The Balaban J connectivity index is 1.32. The molecule has 1 aliphatic heterocycles. The lowest BCUT2D eigenvalue weighted by Gasteiger charge is -2.33. The second kappa shape index (κ2) is 9.97. The van der Waals surface area contributed by atoms with Crippen molar-refractivity contribution in [3.05, 3.63) is 90.4 Å². The van der Waals surface area contributed by atoms with Crippen molar-refractivity contribution in [2.24, 2.45) is 7.05 Å². The summed E-state index contributed by atoms with van der Waals surface area (Å²) in [6, 6.07) is 20.7. The lowest BCUT2D eigenvalue weighted by atomic mass is 9.99. The van der Waals surface area contributed by atoms with Crippen molar-refractivity contribution in [2.75, 3.05) is 25.5 Å². The van der Waals surface area contributed by atoms with Crippen molar-refractivity contribution >= 4 is 5.69 Å². The molecular weight excluding hydrogens is 426 g/mol. The highest BCUT2D eigenvalue weighted by Gasteiger charge is 2.29. The maximum atomic E-state index is 6.41. The molecule has 0 radical (unpaired) electrons. The number of methoxy groups -OCH3 is 1. The maximum absolute atomic E-state index is 6.41. The van der Waals surface area contributed by atoms with Crippen LogP contribution in [-0.4, -0.2) is 41.1 Å². The van der Waals surface area contributed by atoms with Gasteiger partial charge in [-0.15, -0.1) is 0 Å². The Bertz CT molecular complexity index is 1240. The van der Waals surface area contributed by atoms with Crippen LogP contribution in [0.15, 0.2) is 79.3 Å². The van der Waals surface area contributed by atoms with Crippen molar-refractivity contribution in [3.8, 4) is 22.8 Å². The monoisotopic (exact) mass is 455 g/mol. The summed E-state index contributed by atoms with van der Waals surface area (Å²) in [4.78, 5) is 4.62. The summed E-state index contributed by atoms with van der Waals surface area (Å²) in [5.41, 5.74) is 5.31. The minimum Gasteiger partial charge on any atom is -0.496 e. The molecule has 4 aromatic rings. The van der Waals surface area contributed by atoms with Gasteiger partial charge in [0, 0.05) is 37.1 Å². The van der Waals surface area contributed by atoms with Gasteiger partial charge in [-0.05, 0) is 29.7 Å². The first-order valence-corrected chi connectivity index (χ1v) is 11.5. The molecule has 0 saturated heterocycles. The molecule has 2 aromatic heterocycles. The molecule has 0 spiro atoms. The van der Waals surface area contributed by atoms with E-state index < -0.39 is 0 Å². The Labute approximate surface area is 199 Å². The van der Waals surface area contributed by atoms with Gasteiger partial charge in [-0.25, -0.2) is 4.98 Å². The number of aromatic nitrogens is 3. The van der Waals surface area contributed by atoms with E-state index in [1.54, 1.807) is 11.8 Å². The number of para-hydroxylation sites is 1. The summed E-state index contributed by atoms with van der Waals surface area (Å²) in [5, 5.41) is 11.5. The van der Waals surface area contributed by atoms with Crippen molar-refractivity contribution in [1.82, 2.24) is 20.1 Å². The van der Waals surface area contributed by atoms with Crippen LogP contribution in [-0.2, 0) is 13.5 Å². The van der Waals surface area contributed by atoms with E-state index in [9.17, 15) is 0 Å². The lowest BCUT2D eigenvalue weighted by Crippen LogP contribution is -2.43. The molecule has 5 rings (SSSR count). The number of ether oxygens (including phenoxy) is 2. The fraction of sp³-hybridized carbons (Fsp3) is 0.259. The Hall–Kier alpha value is -3.84. The first-order chi connectivity index (χ1) is 16.7. The van der Waals surface area contributed by atoms with Gasteiger partial charge in [-0.1, -0.05) is 48.5 Å². The number of nitrogens with one attached hydrogen (secondary N) is 2. The van der Waals surface area contributed by atoms with E-state index in [-0.39, 0.29) is 12.1 Å². The number of pyridine rings is 1. The molecule has 0 unspecified atom stereocenters. The number of anilines is 1. The molecule has 2 atom stereocenters. The van der Waals surface area contributed by atoms with Gasteiger partial charge >= 0.3 is 0 Å². The highest BCUT2D eigenvalue weighted by molar-refractivity contribution is 5.69. The molecule has 2 N–H and O–H groups in total. The molecule has 3 heterocycles. The van der Waals surface area contributed by atoms with Crippen molar-refractivity contribution < 1.29 is 9.47 Å². The number of aryl methyl sites for hydroxylation is 1. The smallest absolute Gasteiger partial charge is 0.237 e. The zero-order valence-corrected chi connectivity index (χ0v) is 19.4. The van der Waals surface area contributed by atoms with E-state index in [0.29, 0.717) is 12.4 Å². The zero-order chi connectivity index (χ0) is 23.3. The van der Waals surface area contributed by atoms with Crippen molar-refractivity contribution in [3.63, 3.8) is 0 Å². The van der Waals surface area contributed by atoms with Gasteiger partial charge in [0.1, 0.15) is 11.9 Å². The van der Waals surface area contributed by atoms with Crippen molar-refractivity contribution in [2.45, 2.75) is 18.6 Å². The van der Waals surface area contributed by atoms with Crippen LogP contribution in [0.1, 0.15) is 17.2 Å². The molecule has 0 saturated carbocycles. The van der Waals surface area contributed by atoms with Gasteiger partial charge in [0.15, 0.2) is 0 Å². The molecule has 0 fully saturated rings. The van der Waals surface area contributed by atoms with E-state index >= 15 is 0 Å². The summed E-state index contributed by atoms with van der Waals surface area (Å²) in [5.74, 6) is 1.54. The number of fused-ring (bicyclic) bond motifs is 1. The van der Waals surface area contributed by atoms with Crippen LogP contribution in [0.3, 0.4) is 0 Å². The summed E-state index contributed by atoms with van der Waals surface area (Å²) in [6.07, 6.45) is 6.41. The molecule has 7 heteroatoms. The van der Waals surface area contributed by atoms with Crippen molar-refractivity contribution in [1.29, 1.82) is 0 Å². The average Bonchev–Trinajstić information content (AvgIpc) is 3.33. The van der Waals surface area contributed by atoms with E-state index in [0.717, 1.165) is 35.5 Å². The second-order valence-corrected chi connectivity index (χ2v) is 8.42. The largest absolute Gasteiger partial charge is 0.496 e. The third kappa shape index (κ3) is 4.75. The van der Waals surface area contributed by atoms with E-state index in [1.165, 1.54) is 11.1 Å². The zero-order valence-electron chi connectivity index (χ0n) is 19.4. The Morgan fingerprint density at radius 3 is 2.74 bits per heavy atom. The molecule has 1 aliphatic rings. The number of nitrogens with zero attached hydrogens (tertiary/aromatic N) is 3. The van der Waals surface area contributed by atoms with Gasteiger partial charge < -0.3 is 20.1 Å². The molecule has 174 valence electrons. The van der Waals surface area contributed by atoms with E-state index in [2.05, 4.69) is 57.1 Å². The first kappa shape index (κ1) is 22.0. The van der Waals surface area contributed by atoms with Gasteiger partial charge in [0.2, 0.25) is 5.88 Å². The molecule has 34 heavy (non-hydrogen) atoms. The van der Waals surface area contributed by atoms with Crippen LogP contribution in [0.25, 0.3) is 11.1 Å². The molecule has 0 bridgehead atoms. The highest BCUT2D eigenvalue weighted by atomic mass is 16.5. The molecular formula is C27H29N5O2. The lowest BCUT2D eigenvalue weighted by molar-refractivity contribution is 0.150. The number of hydrogen-bond acceptors (Lipinski definition) is 6. The molecule has 2 aromatic carbocycles. The van der Waals surface area contributed by atoms with Crippen LogP contribution in [0.4, 0.5) is 5.69 Å². The SMILES string of the molecule is COc1ccccc1CCN[C@H](c1ccccc1)[C@@H]1CNc2cc(-c3cnn(C)c3)cnc2O1. The summed E-state index contributed by atoms with van der Waals surface area (Å²) >= 11 is 0. The minimum absolute atomic E-state index is 0.0105. The first-order valence-electron chi connectivity index (χ1n) is 11.5. The average molecular weight is 456 g/mol. The van der Waals surface area contributed by atoms with Gasteiger partial charge in [-0.3, -0.25) is 4.68 Å². The molecule has 7 nitrogen and oxygen atoms in total. The van der Waals surface area contributed by atoms with Gasteiger partial charge in [-0.2, -0.15) is 5.10 Å². The van der Waals surface area contributed by atoms with Crippen LogP contribution in [0, 0.1) is 0 Å². The van der Waals surface area contributed by atoms with E-state index in [4.69, 9.17) is 9.47 Å². The summed E-state index contributed by atoms with van der Waals surface area (Å²) < 4.78 is 13.7. The number of benzene rings is 2. The normalized spacial score (nSPS) is 15.6. The van der Waals surface area contributed by atoms with Gasteiger partial charge in [0.25, 0.3) is 0 Å². The second-order valence-electron chi connectivity index (χ2n) is 8.42. The minimum atomic E-state index is -0.107. The summed E-state index contributed by atoms with van der Waals surface area (Å²) in [7, 11) is 3.62. The Morgan fingerprint density at radius 1 is 1.12 bits per heavy atom. The van der Waals surface area contributed by atoms with Crippen LogP contribution < -0.4 is 20.1 Å². The fourth-order valence-corrected chi connectivity index (χ4v) is 4.38. The predicted octanol–water partition coefficient (Wildman–Crippen LogP) is 4.24. The molecule has 0 amide bonds. The van der Waals surface area contributed by atoms with Crippen LogP contribution in [0.2, 0.25) is 0 Å². The van der Waals surface area contributed by atoms with E-state index in [1.807, 2.05) is 49.9 Å². The quantitative estimate of drug-likeness (QED) is 0.414. The van der Waals surface area contributed by atoms with Crippen LogP contribution in [0.5, 0.6) is 11.6 Å². The Morgan fingerprint density at radius 2 is 1.94 bits per heavy atom. The maximum Gasteiger partial charge on any atom is 0.237 e. The number of hydrogen-bond donors (Lipinski definition) is 2. The topological polar surface area (TPSA) is 73.2 Å². The van der Waals surface area contributed by atoms with Crippen LogP contribution >= 0.6 is 0 Å². The highest BCUT2D eigenvalue weighted by Crippen LogP contribution is 2.34. The fourth-order valence-electron chi connectivity index (χ4n) is 4.38. The molecule has 0 aliphatic carbocycles. The van der Waals surface area contributed by atoms with Gasteiger partial charge in [0.05, 0.1) is 31.6 Å². The summed E-state index contributed by atoms with van der Waals surface area (Å²) in [6.45, 7) is 1.46. The number of rotatable bonds is 8.